The number of piperidine rings is 1. The minimum absolute atomic E-state index is 0.0296. The van der Waals surface area contributed by atoms with Gasteiger partial charge in [-0.25, -0.2) is 0 Å². The molecule has 4 nitrogen and oxygen atoms in total. The molecule has 1 atom stereocenters. The molecule has 18 heavy (non-hydrogen) atoms. The molecule has 0 N–H and O–H groups in total. The predicted molar refractivity (Wildman–Crippen MR) is 73.6 cm³/mol. The van der Waals surface area contributed by atoms with E-state index in [1.165, 1.54) is 7.11 Å². The van der Waals surface area contributed by atoms with Gasteiger partial charge in [-0.2, -0.15) is 0 Å². The van der Waals surface area contributed by atoms with Crippen molar-refractivity contribution < 1.29 is 9.53 Å². The van der Waals surface area contributed by atoms with Crippen LogP contribution in [-0.4, -0.2) is 62.1 Å². The van der Waals surface area contributed by atoms with Crippen LogP contribution in [0.2, 0.25) is 0 Å². The van der Waals surface area contributed by atoms with E-state index in [9.17, 15) is 4.79 Å². The lowest BCUT2D eigenvalue weighted by Gasteiger charge is -2.38. The van der Waals surface area contributed by atoms with Crippen LogP contribution in [0.5, 0.6) is 0 Å². The molecule has 1 unspecified atom stereocenters. The second kappa shape index (κ2) is 7.74. The highest BCUT2D eigenvalue weighted by Crippen LogP contribution is 2.19. The van der Waals surface area contributed by atoms with Crippen LogP contribution in [0.3, 0.4) is 0 Å². The molecule has 0 amide bonds. The number of hydrogen-bond acceptors (Lipinski definition) is 4. The molecule has 1 aliphatic rings. The molecule has 0 aromatic carbocycles. The van der Waals surface area contributed by atoms with Crippen molar-refractivity contribution in [1.29, 1.82) is 0 Å². The second-order valence-electron chi connectivity index (χ2n) is 5.41. The van der Waals surface area contributed by atoms with Crippen LogP contribution in [0.4, 0.5) is 0 Å². The van der Waals surface area contributed by atoms with E-state index in [2.05, 4.69) is 30.8 Å². The maximum absolute atomic E-state index is 11.9. The topological polar surface area (TPSA) is 32.8 Å². The number of methoxy groups -OCH3 is 1. The summed E-state index contributed by atoms with van der Waals surface area (Å²) in [4.78, 5) is 16.5. The Bertz CT molecular complexity index is 248. The molecule has 1 heterocycles. The normalized spacial score (nSPS) is 20.1. The molecule has 1 aliphatic heterocycles. The molecule has 0 bridgehead atoms. The number of carbonyl (C=O) groups is 1. The van der Waals surface area contributed by atoms with Gasteiger partial charge in [-0.1, -0.05) is 19.8 Å². The Labute approximate surface area is 111 Å². The van der Waals surface area contributed by atoms with Crippen molar-refractivity contribution in [2.75, 3.05) is 34.3 Å². The molecule has 0 spiro atoms. The summed E-state index contributed by atoms with van der Waals surface area (Å²) in [7, 11) is 5.76. The fourth-order valence-corrected chi connectivity index (χ4v) is 2.70. The zero-order valence-electron chi connectivity index (χ0n) is 12.3. The molecular formula is C14H28N2O2. The highest BCUT2D eigenvalue weighted by Gasteiger charge is 2.30. The Morgan fingerprint density at radius 3 is 2.44 bits per heavy atom. The van der Waals surface area contributed by atoms with Gasteiger partial charge in [-0.05, 0) is 33.4 Å². The van der Waals surface area contributed by atoms with Gasteiger partial charge in [0.1, 0.15) is 6.04 Å². The van der Waals surface area contributed by atoms with Gasteiger partial charge in [0.2, 0.25) is 0 Å². The summed E-state index contributed by atoms with van der Waals surface area (Å²) in [5.74, 6) is -0.0632. The van der Waals surface area contributed by atoms with E-state index < -0.39 is 0 Å². The third-order valence-corrected chi connectivity index (χ3v) is 3.97. The first-order valence-corrected chi connectivity index (χ1v) is 7.08. The van der Waals surface area contributed by atoms with Gasteiger partial charge >= 0.3 is 5.97 Å². The van der Waals surface area contributed by atoms with Crippen LogP contribution in [0.25, 0.3) is 0 Å². The number of hydrogen-bond donors (Lipinski definition) is 0. The highest BCUT2D eigenvalue weighted by molar-refractivity contribution is 5.75. The number of rotatable bonds is 6. The number of nitrogens with zero attached hydrogens (tertiary/aromatic N) is 2. The van der Waals surface area contributed by atoms with Crippen molar-refractivity contribution >= 4 is 5.97 Å². The summed E-state index contributed by atoms with van der Waals surface area (Å²) in [6.45, 7) is 4.17. The van der Waals surface area contributed by atoms with Crippen molar-refractivity contribution in [3.8, 4) is 0 Å². The lowest BCUT2D eigenvalue weighted by Crippen LogP contribution is -2.49. The van der Waals surface area contributed by atoms with Crippen molar-refractivity contribution in [1.82, 2.24) is 9.80 Å². The second-order valence-corrected chi connectivity index (χ2v) is 5.41. The molecular weight excluding hydrogens is 228 g/mol. The van der Waals surface area contributed by atoms with Crippen LogP contribution in [-0.2, 0) is 9.53 Å². The average molecular weight is 256 g/mol. The molecule has 4 heteroatoms. The van der Waals surface area contributed by atoms with Crippen LogP contribution in [0.1, 0.15) is 39.0 Å². The molecule has 0 aromatic rings. The number of esters is 1. The van der Waals surface area contributed by atoms with Crippen molar-refractivity contribution in [3.05, 3.63) is 0 Å². The monoisotopic (exact) mass is 256 g/mol. The summed E-state index contributed by atoms with van der Waals surface area (Å²) in [5.41, 5.74) is 0. The predicted octanol–water partition coefficient (Wildman–Crippen LogP) is 1.74. The Balaban J connectivity index is 2.51. The van der Waals surface area contributed by atoms with Gasteiger partial charge in [0, 0.05) is 19.1 Å². The van der Waals surface area contributed by atoms with Crippen LogP contribution in [0.15, 0.2) is 0 Å². The average Bonchev–Trinajstić information content (AvgIpc) is 2.39. The van der Waals surface area contributed by atoms with E-state index in [0.29, 0.717) is 6.04 Å². The molecule has 1 fully saturated rings. The Kier molecular flexibility index (Phi) is 6.65. The Hall–Kier alpha value is -0.610. The first-order chi connectivity index (χ1) is 8.60. The molecule has 1 saturated heterocycles. The van der Waals surface area contributed by atoms with Crippen molar-refractivity contribution in [3.63, 3.8) is 0 Å². The Morgan fingerprint density at radius 2 is 2.00 bits per heavy atom. The fourth-order valence-electron chi connectivity index (χ4n) is 2.70. The highest BCUT2D eigenvalue weighted by atomic mass is 16.5. The zero-order valence-corrected chi connectivity index (χ0v) is 12.3. The largest absolute Gasteiger partial charge is 0.468 e. The van der Waals surface area contributed by atoms with E-state index in [0.717, 1.165) is 45.2 Å². The first kappa shape index (κ1) is 15.4. The molecule has 0 saturated carbocycles. The van der Waals surface area contributed by atoms with E-state index >= 15 is 0 Å². The third kappa shape index (κ3) is 4.25. The zero-order chi connectivity index (χ0) is 13.5. The summed E-state index contributed by atoms with van der Waals surface area (Å²) >= 11 is 0. The lowest BCUT2D eigenvalue weighted by molar-refractivity contribution is -0.148. The van der Waals surface area contributed by atoms with Gasteiger partial charge in [0.05, 0.1) is 7.11 Å². The van der Waals surface area contributed by atoms with Gasteiger partial charge < -0.3 is 9.64 Å². The number of ether oxygens (including phenoxy) is 1. The number of likely N-dealkylation sites (tertiary alicyclic amines) is 1. The van der Waals surface area contributed by atoms with E-state index in [4.69, 9.17) is 4.74 Å². The smallest absolute Gasteiger partial charge is 0.323 e. The van der Waals surface area contributed by atoms with Gasteiger partial charge in [-0.3, -0.25) is 9.69 Å². The van der Waals surface area contributed by atoms with Crippen molar-refractivity contribution in [2.45, 2.75) is 51.1 Å². The molecule has 0 aromatic heterocycles. The van der Waals surface area contributed by atoms with Crippen LogP contribution < -0.4 is 0 Å². The van der Waals surface area contributed by atoms with E-state index in [1.54, 1.807) is 0 Å². The quantitative estimate of drug-likeness (QED) is 0.678. The SMILES string of the molecule is CCCCC(C(=O)OC)N1CCC(N(C)C)CC1. The number of carbonyl (C=O) groups excluding carboxylic acids is 1. The molecule has 1 rings (SSSR count). The van der Waals surface area contributed by atoms with Gasteiger partial charge in [0.15, 0.2) is 0 Å². The van der Waals surface area contributed by atoms with Gasteiger partial charge in [0.25, 0.3) is 0 Å². The van der Waals surface area contributed by atoms with Gasteiger partial charge in [-0.15, -0.1) is 0 Å². The lowest BCUT2D eigenvalue weighted by atomic mass is 10.00. The fraction of sp³-hybridized carbons (Fsp3) is 0.929. The Morgan fingerprint density at radius 1 is 1.39 bits per heavy atom. The number of unbranched alkanes of at least 4 members (excludes halogenated alkanes) is 1. The minimum Gasteiger partial charge on any atom is -0.468 e. The van der Waals surface area contributed by atoms with Crippen molar-refractivity contribution in [2.24, 2.45) is 0 Å². The minimum atomic E-state index is -0.0632. The van der Waals surface area contributed by atoms with Crippen LogP contribution in [0, 0.1) is 0 Å². The third-order valence-electron chi connectivity index (χ3n) is 3.97. The standard InChI is InChI=1S/C14H28N2O2/c1-5-6-7-13(14(17)18-4)16-10-8-12(9-11-16)15(2)3/h12-13H,5-11H2,1-4H3. The van der Waals surface area contributed by atoms with E-state index in [1.807, 2.05) is 0 Å². The van der Waals surface area contributed by atoms with Crippen LogP contribution >= 0.6 is 0 Å². The molecule has 0 aliphatic carbocycles. The molecule has 106 valence electrons. The summed E-state index contributed by atoms with van der Waals surface area (Å²) < 4.78 is 4.95. The summed E-state index contributed by atoms with van der Waals surface area (Å²) in [6.07, 6.45) is 5.43. The maximum atomic E-state index is 11.9. The maximum Gasteiger partial charge on any atom is 0.323 e. The molecule has 0 radical (unpaired) electrons. The first-order valence-electron chi connectivity index (χ1n) is 7.08. The summed E-state index contributed by atoms with van der Waals surface area (Å²) in [6, 6.07) is 0.629. The summed E-state index contributed by atoms with van der Waals surface area (Å²) in [5, 5.41) is 0. The van der Waals surface area contributed by atoms with E-state index in [-0.39, 0.29) is 12.0 Å².